The van der Waals surface area contributed by atoms with Gasteiger partial charge in [0, 0.05) is 32.2 Å². The molecule has 0 radical (unpaired) electrons. The minimum atomic E-state index is -0.0946. The monoisotopic (exact) mass is 393 g/mol. The number of carbonyl (C=O) groups excluding carboxylic acids is 1. The smallest absolute Gasteiger partial charge is 0.315 e. The molecular weight excluding hydrogens is 362 g/mol. The summed E-state index contributed by atoms with van der Waals surface area (Å²) in [5, 5.41) is 6.08. The van der Waals surface area contributed by atoms with Gasteiger partial charge in [-0.15, -0.1) is 0 Å². The molecule has 0 aromatic heterocycles. The summed E-state index contributed by atoms with van der Waals surface area (Å²) in [4.78, 5) is 14.7. The van der Waals surface area contributed by atoms with Crippen LogP contribution in [0.25, 0.3) is 0 Å². The summed E-state index contributed by atoms with van der Waals surface area (Å²) in [6.07, 6.45) is 6.23. The first-order valence-corrected chi connectivity index (χ1v) is 10.8. The Morgan fingerprint density at radius 2 is 1.72 bits per heavy atom. The van der Waals surface area contributed by atoms with Crippen LogP contribution in [0.4, 0.5) is 4.79 Å². The molecule has 2 aromatic rings. The molecule has 1 aliphatic carbocycles. The van der Waals surface area contributed by atoms with Gasteiger partial charge in [0.1, 0.15) is 5.75 Å². The zero-order valence-corrected chi connectivity index (χ0v) is 17.0. The molecular formula is C24H31N3O2. The number of nitrogens with one attached hydrogen (secondary N) is 2. The van der Waals surface area contributed by atoms with Crippen molar-refractivity contribution in [1.82, 2.24) is 15.5 Å². The highest BCUT2D eigenvalue weighted by Crippen LogP contribution is 2.24. The second-order valence-electron chi connectivity index (χ2n) is 8.20. The lowest BCUT2D eigenvalue weighted by Crippen LogP contribution is -2.43. The molecule has 1 heterocycles. The van der Waals surface area contributed by atoms with Crippen molar-refractivity contribution < 1.29 is 9.53 Å². The van der Waals surface area contributed by atoms with Crippen LogP contribution in [0.3, 0.4) is 0 Å². The number of likely N-dealkylation sites (tertiary alicyclic amines) is 1. The Morgan fingerprint density at radius 1 is 0.966 bits per heavy atom. The molecule has 0 bridgehead atoms. The van der Waals surface area contributed by atoms with Crippen LogP contribution in [0.15, 0.2) is 54.6 Å². The van der Waals surface area contributed by atoms with Gasteiger partial charge >= 0.3 is 6.03 Å². The van der Waals surface area contributed by atoms with E-state index in [-0.39, 0.29) is 12.1 Å². The van der Waals surface area contributed by atoms with E-state index in [0.717, 1.165) is 50.2 Å². The van der Waals surface area contributed by atoms with Crippen LogP contribution in [0, 0.1) is 0 Å². The third-order valence-corrected chi connectivity index (χ3v) is 5.84. The molecule has 1 saturated heterocycles. The number of hydrogen-bond acceptors (Lipinski definition) is 3. The van der Waals surface area contributed by atoms with Gasteiger partial charge in [-0.3, -0.25) is 4.90 Å². The lowest BCUT2D eigenvalue weighted by molar-refractivity contribution is 0.210. The van der Waals surface area contributed by atoms with Crippen LogP contribution in [0.2, 0.25) is 0 Å². The van der Waals surface area contributed by atoms with E-state index >= 15 is 0 Å². The highest BCUT2D eigenvalue weighted by molar-refractivity contribution is 5.74. The van der Waals surface area contributed by atoms with Crippen molar-refractivity contribution in [3.05, 3.63) is 65.7 Å². The van der Waals surface area contributed by atoms with Crippen LogP contribution in [-0.2, 0) is 13.1 Å². The molecule has 0 spiro atoms. The first-order chi connectivity index (χ1) is 14.2. The number of amides is 2. The van der Waals surface area contributed by atoms with Crippen molar-refractivity contribution in [2.75, 3.05) is 13.1 Å². The van der Waals surface area contributed by atoms with E-state index in [1.165, 1.54) is 18.4 Å². The number of ether oxygens (including phenoxy) is 1. The summed E-state index contributed by atoms with van der Waals surface area (Å²) in [5.41, 5.74) is 2.40. The minimum Gasteiger partial charge on any atom is -0.490 e. The number of nitrogens with zero attached hydrogens (tertiary/aromatic N) is 1. The van der Waals surface area contributed by atoms with Crippen LogP contribution in [0.1, 0.15) is 43.2 Å². The van der Waals surface area contributed by atoms with E-state index in [4.69, 9.17) is 4.74 Å². The molecule has 1 unspecified atom stereocenters. The number of rotatable bonds is 7. The van der Waals surface area contributed by atoms with Crippen molar-refractivity contribution in [1.29, 1.82) is 0 Å². The highest BCUT2D eigenvalue weighted by atomic mass is 16.5. The van der Waals surface area contributed by atoms with Crippen molar-refractivity contribution >= 4 is 6.03 Å². The zero-order chi connectivity index (χ0) is 19.9. The SMILES string of the molecule is O=C(NCc1ccc(OC2CCCC2)cc1)NC1CCN(Cc2ccccc2)C1. The normalized spacial score (nSPS) is 19.9. The molecule has 5 nitrogen and oxygen atoms in total. The molecule has 29 heavy (non-hydrogen) atoms. The van der Waals surface area contributed by atoms with Gasteiger partial charge in [0.05, 0.1) is 6.10 Å². The maximum absolute atomic E-state index is 12.3. The topological polar surface area (TPSA) is 53.6 Å². The minimum absolute atomic E-state index is 0.0946. The summed E-state index contributed by atoms with van der Waals surface area (Å²) < 4.78 is 5.99. The Morgan fingerprint density at radius 3 is 2.48 bits per heavy atom. The number of carbonyl (C=O) groups is 1. The van der Waals surface area contributed by atoms with Gasteiger partial charge in [-0.05, 0) is 55.4 Å². The Hall–Kier alpha value is -2.53. The summed E-state index contributed by atoms with van der Waals surface area (Å²) in [6, 6.07) is 18.7. The first-order valence-electron chi connectivity index (χ1n) is 10.8. The Kier molecular flexibility index (Phi) is 6.67. The van der Waals surface area contributed by atoms with Gasteiger partial charge in [-0.1, -0.05) is 42.5 Å². The van der Waals surface area contributed by atoms with E-state index in [2.05, 4.69) is 39.8 Å². The molecule has 2 aromatic carbocycles. The van der Waals surface area contributed by atoms with E-state index in [1.54, 1.807) is 0 Å². The lowest BCUT2D eigenvalue weighted by atomic mass is 10.2. The van der Waals surface area contributed by atoms with E-state index in [1.807, 2.05) is 30.3 Å². The molecule has 1 saturated carbocycles. The second-order valence-corrected chi connectivity index (χ2v) is 8.20. The third-order valence-electron chi connectivity index (χ3n) is 5.84. The van der Waals surface area contributed by atoms with Gasteiger partial charge in [-0.25, -0.2) is 4.79 Å². The fourth-order valence-corrected chi connectivity index (χ4v) is 4.24. The van der Waals surface area contributed by atoms with Gasteiger partial charge < -0.3 is 15.4 Å². The van der Waals surface area contributed by atoms with E-state index < -0.39 is 0 Å². The van der Waals surface area contributed by atoms with E-state index in [0.29, 0.717) is 12.6 Å². The lowest BCUT2D eigenvalue weighted by Gasteiger charge is -2.17. The van der Waals surface area contributed by atoms with Gasteiger partial charge in [0.2, 0.25) is 0 Å². The summed E-state index contributed by atoms with van der Waals surface area (Å²) in [6.45, 7) is 3.38. The van der Waals surface area contributed by atoms with Crippen molar-refractivity contribution in [3.8, 4) is 5.75 Å². The summed E-state index contributed by atoms with van der Waals surface area (Å²) in [7, 11) is 0. The quantitative estimate of drug-likeness (QED) is 0.745. The fourth-order valence-electron chi connectivity index (χ4n) is 4.24. The predicted molar refractivity (Wildman–Crippen MR) is 115 cm³/mol. The van der Waals surface area contributed by atoms with Crippen LogP contribution < -0.4 is 15.4 Å². The van der Waals surface area contributed by atoms with Crippen molar-refractivity contribution in [2.45, 2.75) is 57.3 Å². The maximum Gasteiger partial charge on any atom is 0.315 e. The van der Waals surface area contributed by atoms with Gasteiger partial charge in [-0.2, -0.15) is 0 Å². The number of hydrogen-bond donors (Lipinski definition) is 2. The number of benzene rings is 2. The van der Waals surface area contributed by atoms with Crippen molar-refractivity contribution in [2.24, 2.45) is 0 Å². The Balaban J connectivity index is 1.16. The molecule has 154 valence electrons. The molecule has 1 atom stereocenters. The Labute approximate surface area is 173 Å². The first kappa shape index (κ1) is 19.8. The summed E-state index contributed by atoms with van der Waals surface area (Å²) >= 11 is 0. The molecule has 1 aliphatic heterocycles. The molecule has 2 aliphatic rings. The fraction of sp³-hybridized carbons (Fsp3) is 0.458. The molecule has 5 heteroatoms. The molecule has 2 amide bonds. The van der Waals surface area contributed by atoms with Gasteiger partial charge in [0.25, 0.3) is 0 Å². The zero-order valence-electron chi connectivity index (χ0n) is 17.0. The third kappa shape index (κ3) is 5.97. The Bertz CT molecular complexity index is 772. The molecule has 2 N–H and O–H groups in total. The van der Waals surface area contributed by atoms with Crippen molar-refractivity contribution in [3.63, 3.8) is 0 Å². The second kappa shape index (κ2) is 9.79. The highest BCUT2D eigenvalue weighted by Gasteiger charge is 2.23. The predicted octanol–water partition coefficient (Wildman–Crippen LogP) is 4.08. The standard InChI is InChI=1S/C24H31N3O2/c28-24(26-21-14-15-27(18-21)17-20-6-2-1-3-7-20)25-16-19-10-12-23(13-11-19)29-22-8-4-5-9-22/h1-3,6-7,10-13,21-22H,4-5,8-9,14-18H2,(H2,25,26,28). The maximum atomic E-state index is 12.3. The average Bonchev–Trinajstić information content (AvgIpc) is 3.40. The van der Waals surface area contributed by atoms with Crippen LogP contribution in [0.5, 0.6) is 5.75 Å². The molecule has 2 fully saturated rings. The number of urea groups is 1. The van der Waals surface area contributed by atoms with Crippen LogP contribution in [-0.4, -0.2) is 36.2 Å². The average molecular weight is 394 g/mol. The van der Waals surface area contributed by atoms with Gasteiger partial charge in [0.15, 0.2) is 0 Å². The molecule has 4 rings (SSSR count). The van der Waals surface area contributed by atoms with Crippen LogP contribution >= 0.6 is 0 Å². The van der Waals surface area contributed by atoms with E-state index in [9.17, 15) is 4.79 Å². The largest absolute Gasteiger partial charge is 0.490 e. The summed E-state index contributed by atoms with van der Waals surface area (Å²) in [5.74, 6) is 0.926.